The van der Waals surface area contributed by atoms with Gasteiger partial charge in [0.15, 0.2) is 5.17 Å². The zero-order valence-electron chi connectivity index (χ0n) is 19.5. The van der Waals surface area contributed by atoms with Gasteiger partial charge in [-0.15, -0.1) is 0 Å². The van der Waals surface area contributed by atoms with E-state index in [1.165, 1.54) is 36.0 Å². The molecule has 1 aliphatic rings. The first-order chi connectivity index (χ1) is 17.4. The van der Waals surface area contributed by atoms with Gasteiger partial charge in [-0.05, 0) is 61.0 Å². The summed E-state index contributed by atoms with van der Waals surface area (Å²) in [4.78, 5) is 43.9. The maximum atomic E-state index is 13.3. The molecule has 3 aromatic rings. The van der Waals surface area contributed by atoms with Crippen LogP contribution in [0.5, 0.6) is 0 Å². The summed E-state index contributed by atoms with van der Waals surface area (Å²) in [6, 6.07) is 21.5. The fourth-order valence-electron chi connectivity index (χ4n) is 3.55. The number of thioether (sulfide) groups is 1. The minimum atomic E-state index is -0.660. The molecule has 0 aromatic heterocycles. The van der Waals surface area contributed by atoms with Crippen molar-refractivity contribution in [2.24, 2.45) is 4.99 Å². The fraction of sp³-hybridized carbons (Fsp3) is 0.185. The van der Waals surface area contributed by atoms with Crippen molar-refractivity contribution in [1.29, 1.82) is 0 Å². The molecule has 0 unspecified atom stereocenters. The third-order valence-corrected chi connectivity index (χ3v) is 6.48. The van der Waals surface area contributed by atoms with Gasteiger partial charge in [0, 0.05) is 12.1 Å². The van der Waals surface area contributed by atoms with E-state index < -0.39 is 11.2 Å². The normalized spacial score (nSPS) is 16.3. The van der Waals surface area contributed by atoms with Crippen molar-refractivity contribution in [2.45, 2.75) is 25.1 Å². The van der Waals surface area contributed by atoms with Gasteiger partial charge < -0.3 is 10.1 Å². The maximum absolute atomic E-state index is 13.3. The van der Waals surface area contributed by atoms with Gasteiger partial charge in [0.25, 0.3) is 0 Å². The van der Waals surface area contributed by atoms with Crippen LogP contribution in [0.4, 0.5) is 15.8 Å². The van der Waals surface area contributed by atoms with Crippen molar-refractivity contribution in [3.05, 3.63) is 95.8 Å². The minimum Gasteiger partial charge on any atom is -0.462 e. The highest BCUT2D eigenvalue weighted by Crippen LogP contribution is 2.33. The Kier molecular flexibility index (Phi) is 8.12. The van der Waals surface area contributed by atoms with E-state index in [9.17, 15) is 18.8 Å². The molecule has 1 N–H and O–H groups in total. The third-order valence-electron chi connectivity index (χ3n) is 5.31. The van der Waals surface area contributed by atoms with Gasteiger partial charge in [-0.3, -0.25) is 14.5 Å². The molecule has 4 rings (SSSR count). The Morgan fingerprint density at radius 3 is 2.39 bits per heavy atom. The van der Waals surface area contributed by atoms with Crippen molar-refractivity contribution < 1.29 is 23.5 Å². The van der Waals surface area contributed by atoms with Crippen LogP contribution in [-0.4, -0.2) is 39.7 Å². The Hall–Kier alpha value is -3.98. The molecule has 184 valence electrons. The third kappa shape index (κ3) is 6.37. The molecule has 2 amide bonds. The van der Waals surface area contributed by atoms with Gasteiger partial charge in [0.2, 0.25) is 11.8 Å². The Bertz CT molecular complexity index is 1260. The lowest BCUT2D eigenvalue weighted by Crippen LogP contribution is -2.33. The number of nitrogens with zero attached hydrogens (tertiary/aromatic N) is 2. The summed E-state index contributed by atoms with van der Waals surface area (Å²) >= 11 is 1.21. The van der Waals surface area contributed by atoms with Crippen LogP contribution in [0.2, 0.25) is 0 Å². The van der Waals surface area contributed by atoms with E-state index in [0.29, 0.717) is 28.7 Å². The van der Waals surface area contributed by atoms with Crippen LogP contribution < -0.4 is 5.32 Å². The topological polar surface area (TPSA) is 88.1 Å². The lowest BCUT2D eigenvalue weighted by Gasteiger charge is -2.16. The number of halogens is 1. The van der Waals surface area contributed by atoms with Gasteiger partial charge in [-0.25, -0.2) is 14.2 Å². The standard InChI is InChI=1S/C27H24FN3O4S/c1-2-35-26(34)19-8-12-21(13-9-19)29-24(32)16-23-25(33)31(17-18-6-4-3-5-7-18)27(36-23)30-22-14-10-20(28)11-15-22/h3-15,23H,2,16-17H2,1H3,(H,29,32)/t23-/m0/s1. The number of anilines is 1. The summed E-state index contributed by atoms with van der Waals surface area (Å²) in [6.45, 7) is 2.31. The number of aliphatic imine (C=N–C) groups is 1. The lowest BCUT2D eigenvalue weighted by atomic mass is 10.2. The number of hydrogen-bond donors (Lipinski definition) is 1. The Balaban J connectivity index is 1.47. The van der Waals surface area contributed by atoms with E-state index in [4.69, 9.17) is 4.74 Å². The highest BCUT2D eigenvalue weighted by molar-refractivity contribution is 8.15. The molecule has 0 aliphatic carbocycles. The predicted octanol–water partition coefficient (Wildman–Crippen LogP) is 5.16. The van der Waals surface area contributed by atoms with Crippen LogP contribution in [0.3, 0.4) is 0 Å². The molecular formula is C27H24FN3O4S. The molecule has 9 heteroatoms. The molecule has 1 fully saturated rings. The average molecular weight is 506 g/mol. The van der Waals surface area contributed by atoms with E-state index in [-0.39, 0.29) is 30.7 Å². The molecule has 0 spiro atoms. The van der Waals surface area contributed by atoms with Crippen molar-refractivity contribution in [2.75, 3.05) is 11.9 Å². The van der Waals surface area contributed by atoms with Gasteiger partial charge in [0.05, 0.1) is 24.4 Å². The predicted molar refractivity (Wildman–Crippen MR) is 138 cm³/mol. The van der Waals surface area contributed by atoms with E-state index in [0.717, 1.165) is 5.56 Å². The van der Waals surface area contributed by atoms with E-state index in [1.807, 2.05) is 30.3 Å². The number of nitrogens with one attached hydrogen (secondary N) is 1. The van der Waals surface area contributed by atoms with Crippen molar-refractivity contribution >= 4 is 46.1 Å². The number of amidine groups is 1. The molecule has 0 radical (unpaired) electrons. The molecule has 3 aromatic carbocycles. The molecule has 0 bridgehead atoms. The lowest BCUT2D eigenvalue weighted by molar-refractivity contribution is -0.128. The van der Waals surface area contributed by atoms with Crippen LogP contribution in [0.15, 0.2) is 83.9 Å². The Labute approximate surface area is 212 Å². The number of amides is 2. The van der Waals surface area contributed by atoms with Crippen molar-refractivity contribution in [3.8, 4) is 0 Å². The first kappa shape index (κ1) is 25.1. The quantitative estimate of drug-likeness (QED) is 0.427. The van der Waals surface area contributed by atoms with E-state index >= 15 is 0 Å². The molecule has 1 aliphatic heterocycles. The van der Waals surface area contributed by atoms with Crippen LogP contribution in [0, 0.1) is 5.82 Å². The van der Waals surface area contributed by atoms with Crippen molar-refractivity contribution in [3.63, 3.8) is 0 Å². The number of carbonyl (C=O) groups excluding carboxylic acids is 3. The second kappa shape index (κ2) is 11.6. The first-order valence-electron chi connectivity index (χ1n) is 11.4. The Morgan fingerprint density at radius 1 is 1.03 bits per heavy atom. The van der Waals surface area contributed by atoms with Gasteiger partial charge in [0.1, 0.15) is 11.1 Å². The summed E-state index contributed by atoms with van der Waals surface area (Å²) in [5.41, 5.74) is 2.32. The second-order valence-corrected chi connectivity index (χ2v) is 9.11. The number of hydrogen-bond acceptors (Lipinski definition) is 6. The summed E-state index contributed by atoms with van der Waals surface area (Å²) in [7, 11) is 0. The highest BCUT2D eigenvalue weighted by Gasteiger charge is 2.39. The molecule has 1 heterocycles. The van der Waals surface area contributed by atoms with E-state index in [2.05, 4.69) is 10.3 Å². The van der Waals surface area contributed by atoms with Crippen LogP contribution in [0.25, 0.3) is 0 Å². The van der Waals surface area contributed by atoms with Gasteiger partial charge in [-0.1, -0.05) is 42.1 Å². The fourth-order valence-corrected chi connectivity index (χ4v) is 4.70. The summed E-state index contributed by atoms with van der Waals surface area (Å²) in [6.07, 6.45) is -0.0587. The van der Waals surface area contributed by atoms with E-state index in [1.54, 1.807) is 36.1 Å². The number of esters is 1. The van der Waals surface area contributed by atoms with Crippen molar-refractivity contribution in [1.82, 2.24) is 4.90 Å². The number of benzene rings is 3. The Morgan fingerprint density at radius 2 is 1.72 bits per heavy atom. The number of carbonyl (C=O) groups is 3. The van der Waals surface area contributed by atoms with Crippen LogP contribution in [-0.2, 0) is 20.9 Å². The van der Waals surface area contributed by atoms with Gasteiger partial charge >= 0.3 is 5.97 Å². The summed E-state index contributed by atoms with van der Waals surface area (Å²) in [5, 5.41) is 2.56. The largest absolute Gasteiger partial charge is 0.462 e. The molecule has 0 saturated carbocycles. The molecular weight excluding hydrogens is 481 g/mol. The monoisotopic (exact) mass is 505 g/mol. The van der Waals surface area contributed by atoms with Gasteiger partial charge in [-0.2, -0.15) is 0 Å². The summed E-state index contributed by atoms with van der Waals surface area (Å²) < 4.78 is 18.3. The minimum absolute atomic E-state index is 0.0587. The zero-order valence-corrected chi connectivity index (χ0v) is 20.3. The van der Waals surface area contributed by atoms with Crippen LogP contribution in [0.1, 0.15) is 29.3 Å². The molecule has 1 saturated heterocycles. The second-order valence-electron chi connectivity index (χ2n) is 7.94. The number of ether oxygens (including phenoxy) is 1. The van der Waals surface area contributed by atoms with Crippen LogP contribution >= 0.6 is 11.8 Å². The average Bonchev–Trinajstić information content (AvgIpc) is 3.15. The highest BCUT2D eigenvalue weighted by atomic mass is 32.2. The smallest absolute Gasteiger partial charge is 0.338 e. The zero-order chi connectivity index (χ0) is 25.5. The number of rotatable bonds is 8. The maximum Gasteiger partial charge on any atom is 0.338 e. The molecule has 1 atom stereocenters. The first-order valence-corrected chi connectivity index (χ1v) is 12.2. The summed E-state index contributed by atoms with van der Waals surface area (Å²) in [5.74, 6) is -1.38. The molecule has 7 nitrogen and oxygen atoms in total. The molecule has 36 heavy (non-hydrogen) atoms. The SMILES string of the molecule is CCOC(=O)c1ccc(NC(=O)C[C@@H]2SC(=Nc3ccc(F)cc3)N(Cc3ccccc3)C2=O)cc1.